The number of rotatable bonds is 8. The molecule has 1 aliphatic heterocycles. The average molecular weight is 265 g/mol. The Bertz CT molecular complexity index is 304. The minimum Gasteiger partial charge on any atom is -0.303 e. The molecular weight excluding hydrogens is 234 g/mol. The highest BCUT2D eigenvalue weighted by Gasteiger charge is 2.35. The number of hydrogen-bond donors (Lipinski definition) is 1. The largest absolute Gasteiger partial charge is 0.303 e. The van der Waals surface area contributed by atoms with E-state index in [0.29, 0.717) is 5.41 Å². The molecule has 1 atom stereocenters. The summed E-state index contributed by atoms with van der Waals surface area (Å²) in [4.78, 5) is 2.55. The maximum Gasteiger partial charge on any atom is 0.105 e. The smallest absolute Gasteiger partial charge is 0.105 e. The lowest BCUT2D eigenvalue weighted by Gasteiger charge is -2.29. The van der Waals surface area contributed by atoms with Gasteiger partial charge in [0.05, 0.1) is 6.07 Å². The van der Waals surface area contributed by atoms with Crippen molar-refractivity contribution in [3.63, 3.8) is 0 Å². The molecule has 0 spiro atoms. The summed E-state index contributed by atoms with van der Waals surface area (Å²) in [6, 6.07) is 2.45. The molecule has 0 aromatic rings. The molecule has 110 valence electrons. The molecule has 1 N–H and O–H groups in total. The SMILES string of the molecule is CCCNC(C)(C#N)CCN1CCC(CC)(CC)C1. The Morgan fingerprint density at radius 1 is 1.32 bits per heavy atom. The van der Waals surface area contributed by atoms with Crippen LogP contribution < -0.4 is 5.32 Å². The molecule has 1 heterocycles. The normalized spacial score (nSPS) is 22.1. The van der Waals surface area contributed by atoms with Gasteiger partial charge in [0.15, 0.2) is 0 Å². The molecule has 19 heavy (non-hydrogen) atoms. The van der Waals surface area contributed by atoms with Crippen LogP contribution in [0.4, 0.5) is 0 Å². The highest BCUT2D eigenvalue weighted by Crippen LogP contribution is 2.37. The van der Waals surface area contributed by atoms with Gasteiger partial charge in [0.1, 0.15) is 5.54 Å². The van der Waals surface area contributed by atoms with Gasteiger partial charge in [-0.05, 0) is 57.5 Å². The van der Waals surface area contributed by atoms with E-state index in [9.17, 15) is 5.26 Å². The number of likely N-dealkylation sites (tertiary alicyclic amines) is 1. The van der Waals surface area contributed by atoms with E-state index < -0.39 is 0 Å². The Kier molecular flexibility index (Phi) is 6.29. The molecule has 0 aromatic heterocycles. The molecule has 3 nitrogen and oxygen atoms in total. The van der Waals surface area contributed by atoms with Crippen molar-refractivity contribution in [3.8, 4) is 6.07 Å². The molecule has 0 amide bonds. The zero-order chi connectivity index (χ0) is 14.4. The number of nitrogens with one attached hydrogen (secondary N) is 1. The lowest BCUT2D eigenvalue weighted by molar-refractivity contribution is 0.227. The van der Waals surface area contributed by atoms with E-state index in [4.69, 9.17) is 0 Å². The second kappa shape index (κ2) is 7.26. The minimum atomic E-state index is -0.361. The first kappa shape index (κ1) is 16.5. The molecule has 1 aliphatic rings. The van der Waals surface area contributed by atoms with E-state index in [1.807, 2.05) is 6.92 Å². The van der Waals surface area contributed by atoms with Crippen molar-refractivity contribution in [3.05, 3.63) is 0 Å². The van der Waals surface area contributed by atoms with Crippen LogP contribution >= 0.6 is 0 Å². The van der Waals surface area contributed by atoms with Crippen LogP contribution in [-0.4, -0.2) is 36.6 Å². The Balaban J connectivity index is 2.43. The molecule has 1 rings (SSSR count). The van der Waals surface area contributed by atoms with Crippen molar-refractivity contribution in [1.82, 2.24) is 10.2 Å². The maximum atomic E-state index is 9.35. The summed E-state index contributed by atoms with van der Waals surface area (Å²) >= 11 is 0. The highest BCUT2D eigenvalue weighted by molar-refractivity contribution is 5.04. The Labute approximate surface area is 119 Å². The monoisotopic (exact) mass is 265 g/mol. The van der Waals surface area contributed by atoms with Crippen molar-refractivity contribution < 1.29 is 0 Å². The zero-order valence-corrected chi connectivity index (χ0v) is 13.3. The number of nitrogens with zero attached hydrogens (tertiary/aromatic N) is 2. The van der Waals surface area contributed by atoms with Gasteiger partial charge in [-0.1, -0.05) is 20.8 Å². The van der Waals surface area contributed by atoms with Crippen LogP contribution in [0.15, 0.2) is 0 Å². The van der Waals surface area contributed by atoms with E-state index >= 15 is 0 Å². The Morgan fingerprint density at radius 3 is 2.47 bits per heavy atom. The van der Waals surface area contributed by atoms with Crippen LogP contribution in [0.25, 0.3) is 0 Å². The van der Waals surface area contributed by atoms with Gasteiger partial charge in [0.2, 0.25) is 0 Å². The molecular formula is C16H31N3. The summed E-state index contributed by atoms with van der Waals surface area (Å²) in [7, 11) is 0. The van der Waals surface area contributed by atoms with Crippen LogP contribution in [0.3, 0.4) is 0 Å². The fraction of sp³-hybridized carbons (Fsp3) is 0.938. The third-order valence-electron chi connectivity index (χ3n) is 4.96. The molecule has 0 radical (unpaired) electrons. The topological polar surface area (TPSA) is 39.1 Å². The van der Waals surface area contributed by atoms with E-state index in [1.165, 1.54) is 32.4 Å². The molecule has 0 bridgehead atoms. The van der Waals surface area contributed by atoms with Crippen LogP contribution in [0.5, 0.6) is 0 Å². The molecule has 1 fully saturated rings. The van der Waals surface area contributed by atoms with Crippen LogP contribution in [0.1, 0.15) is 59.8 Å². The van der Waals surface area contributed by atoms with E-state index in [0.717, 1.165) is 25.9 Å². The van der Waals surface area contributed by atoms with Crippen LogP contribution in [0.2, 0.25) is 0 Å². The third kappa shape index (κ3) is 4.47. The van der Waals surface area contributed by atoms with E-state index in [-0.39, 0.29) is 5.54 Å². The first-order chi connectivity index (χ1) is 9.03. The van der Waals surface area contributed by atoms with Gasteiger partial charge < -0.3 is 4.90 Å². The standard InChI is InChI=1S/C16H31N3/c1-5-10-18-15(4,13-17)8-11-19-12-9-16(6-2,7-3)14-19/h18H,5-12,14H2,1-4H3. The predicted octanol–water partition coefficient (Wildman–Crippen LogP) is 3.17. The fourth-order valence-electron chi connectivity index (χ4n) is 3.01. The third-order valence-corrected chi connectivity index (χ3v) is 4.96. The van der Waals surface area contributed by atoms with Crippen molar-refractivity contribution >= 4 is 0 Å². The van der Waals surface area contributed by atoms with Gasteiger partial charge in [-0.3, -0.25) is 5.32 Å². The molecule has 1 unspecified atom stereocenters. The lowest BCUT2D eigenvalue weighted by atomic mass is 9.82. The van der Waals surface area contributed by atoms with Gasteiger partial charge in [-0.25, -0.2) is 0 Å². The lowest BCUT2D eigenvalue weighted by Crippen LogP contribution is -2.44. The minimum absolute atomic E-state index is 0.361. The second-order valence-electron chi connectivity index (χ2n) is 6.35. The first-order valence-corrected chi connectivity index (χ1v) is 7.91. The average Bonchev–Trinajstić information content (AvgIpc) is 2.87. The van der Waals surface area contributed by atoms with Gasteiger partial charge in [0, 0.05) is 13.1 Å². The first-order valence-electron chi connectivity index (χ1n) is 7.91. The van der Waals surface area contributed by atoms with E-state index in [2.05, 4.69) is 37.1 Å². The highest BCUT2D eigenvalue weighted by atomic mass is 15.2. The van der Waals surface area contributed by atoms with Crippen LogP contribution in [0, 0.1) is 16.7 Å². The molecule has 1 saturated heterocycles. The van der Waals surface area contributed by atoms with Gasteiger partial charge >= 0.3 is 0 Å². The summed E-state index contributed by atoms with van der Waals surface area (Å²) in [5.74, 6) is 0. The van der Waals surface area contributed by atoms with Gasteiger partial charge in [-0.2, -0.15) is 5.26 Å². The summed E-state index contributed by atoms with van der Waals surface area (Å²) in [6.45, 7) is 13.2. The van der Waals surface area contributed by atoms with Crippen molar-refractivity contribution in [2.24, 2.45) is 5.41 Å². The number of nitriles is 1. The summed E-state index contributed by atoms with van der Waals surface area (Å²) < 4.78 is 0. The Morgan fingerprint density at radius 2 is 2.00 bits per heavy atom. The summed E-state index contributed by atoms with van der Waals surface area (Å²) in [6.07, 6.45) is 5.89. The van der Waals surface area contributed by atoms with Crippen molar-refractivity contribution in [2.45, 2.75) is 65.3 Å². The summed E-state index contributed by atoms with van der Waals surface area (Å²) in [5.41, 5.74) is 0.180. The second-order valence-corrected chi connectivity index (χ2v) is 6.35. The quantitative estimate of drug-likeness (QED) is 0.732. The van der Waals surface area contributed by atoms with Crippen LogP contribution in [-0.2, 0) is 0 Å². The predicted molar refractivity (Wildman–Crippen MR) is 81.0 cm³/mol. The van der Waals surface area contributed by atoms with Gasteiger partial charge in [0.25, 0.3) is 0 Å². The maximum absolute atomic E-state index is 9.35. The molecule has 0 saturated carbocycles. The summed E-state index contributed by atoms with van der Waals surface area (Å²) in [5, 5.41) is 12.7. The number of hydrogen-bond acceptors (Lipinski definition) is 3. The van der Waals surface area contributed by atoms with E-state index in [1.54, 1.807) is 0 Å². The van der Waals surface area contributed by atoms with Gasteiger partial charge in [-0.15, -0.1) is 0 Å². The van der Waals surface area contributed by atoms with Crippen molar-refractivity contribution in [1.29, 1.82) is 5.26 Å². The molecule has 3 heteroatoms. The van der Waals surface area contributed by atoms with Crippen molar-refractivity contribution in [2.75, 3.05) is 26.2 Å². The molecule has 0 aromatic carbocycles. The molecule has 0 aliphatic carbocycles. The fourth-order valence-corrected chi connectivity index (χ4v) is 3.01. The zero-order valence-electron chi connectivity index (χ0n) is 13.3. The Hall–Kier alpha value is -0.590.